The Morgan fingerprint density at radius 1 is 1.13 bits per heavy atom. The van der Waals surface area contributed by atoms with Crippen molar-refractivity contribution in [2.24, 2.45) is 0 Å². The zero-order chi connectivity index (χ0) is 20.9. The topological polar surface area (TPSA) is 100 Å². The van der Waals surface area contributed by atoms with Crippen molar-refractivity contribution < 1.29 is 18.5 Å². The maximum Gasteiger partial charge on any atom is 0.319 e. The third-order valence-electron chi connectivity index (χ3n) is 4.89. The molecule has 0 radical (unpaired) electrons. The quantitative estimate of drug-likeness (QED) is 0.689. The molecule has 9 heteroatoms. The van der Waals surface area contributed by atoms with Crippen molar-refractivity contribution in [2.75, 3.05) is 18.4 Å². The van der Waals surface area contributed by atoms with Crippen LogP contribution in [-0.4, -0.2) is 46.1 Å². The van der Waals surface area contributed by atoms with Gasteiger partial charge in [-0.05, 0) is 49.2 Å². The molecule has 0 bridgehead atoms. The number of carbonyl (C=O) groups excluding carboxylic acids is 2. The van der Waals surface area contributed by atoms with Crippen LogP contribution in [0.5, 0.6) is 0 Å². The summed E-state index contributed by atoms with van der Waals surface area (Å²) in [7, 11) is 0. The predicted molar refractivity (Wildman–Crippen MR) is 107 cm³/mol. The van der Waals surface area contributed by atoms with Crippen LogP contribution in [-0.2, 0) is 0 Å². The summed E-state index contributed by atoms with van der Waals surface area (Å²) >= 11 is 0. The molecule has 3 amide bonds. The highest BCUT2D eigenvalue weighted by molar-refractivity contribution is 5.93. The van der Waals surface area contributed by atoms with E-state index in [1.165, 1.54) is 24.3 Å². The molecule has 2 N–H and O–H groups in total. The van der Waals surface area contributed by atoms with Crippen molar-refractivity contribution in [2.45, 2.75) is 18.9 Å². The molecule has 1 fully saturated rings. The summed E-state index contributed by atoms with van der Waals surface area (Å²) in [5.74, 6) is -0.0822. The number of amides is 3. The van der Waals surface area contributed by atoms with Crippen LogP contribution in [0.1, 0.15) is 23.3 Å². The molecule has 0 saturated carbocycles. The number of pyridine rings is 1. The number of nitrogens with zero attached hydrogens (tertiary/aromatic N) is 3. The number of piperidine rings is 1. The van der Waals surface area contributed by atoms with Gasteiger partial charge in [0.2, 0.25) is 0 Å². The highest BCUT2D eigenvalue weighted by Gasteiger charge is 2.26. The van der Waals surface area contributed by atoms with Gasteiger partial charge in [0.1, 0.15) is 5.82 Å². The Balaban J connectivity index is 1.28. The van der Waals surface area contributed by atoms with Gasteiger partial charge in [-0.3, -0.25) is 9.78 Å². The number of aromatic nitrogens is 2. The summed E-state index contributed by atoms with van der Waals surface area (Å²) in [4.78, 5) is 30.5. The second-order valence-electron chi connectivity index (χ2n) is 6.99. The number of halogens is 1. The lowest BCUT2D eigenvalue weighted by atomic mass is 10.0. The Kier molecular flexibility index (Phi) is 5.69. The molecule has 0 spiro atoms. The number of benzene rings is 1. The van der Waals surface area contributed by atoms with Crippen molar-refractivity contribution in [3.63, 3.8) is 0 Å². The lowest BCUT2D eigenvalue weighted by molar-refractivity contribution is 0.0698. The number of nitrogens with one attached hydrogen (secondary N) is 2. The van der Waals surface area contributed by atoms with E-state index in [4.69, 9.17) is 4.52 Å². The molecule has 2 aromatic heterocycles. The van der Waals surface area contributed by atoms with Gasteiger partial charge in [-0.25, -0.2) is 9.18 Å². The molecule has 30 heavy (non-hydrogen) atoms. The number of rotatable bonds is 4. The van der Waals surface area contributed by atoms with Gasteiger partial charge in [0.25, 0.3) is 5.91 Å². The largest absolute Gasteiger partial charge is 0.355 e. The Bertz CT molecular complexity index is 1010. The van der Waals surface area contributed by atoms with Crippen LogP contribution >= 0.6 is 0 Å². The molecule has 0 aliphatic carbocycles. The van der Waals surface area contributed by atoms with Gasteiger partial charge in [-0.15, -0.1) is 0 Å². The molecular formula is C21H20FN5O3. The average molecular weight is 409 g/mol. The Hall–Kier alpha value is -3.75. The summed E-state index contributed by atoms with van der Waals surface area (Å²) in [6, 6.07) is 10.4. The van der Waals surface area contributed by atoms with Crippen molar-refractivity contribution in [3.8, 4) is 11.3 Å². The molecule has 1 aromatic carbocycles. The highest BCUT2D eigenvalue weighted by atomic mass is 19.1. The van der Waals surface area contributed by atoms with E-state index in [-0.39, 0.29) is 29.5 Å². The second-order valence-corrected chi connectivity index (χ2v) is 6.99. The van der Waals surface area contributed by atoms with Gasteiger partial charge < -0.3 is 20.1 Å². The summed E-state index contributed by atoms with van der Waals surface area (Å²) in [5.41, 5.74) is 1.51. The first-order valence-corrected chi connectivity index (χ1v) is 9.58. The van der Waals surface area contributed by atoms with E-state index in [1.807, 2.05) is 6.07 Å². The molecule has 0 unspecified atom stereocenters. The molecule has 1 aliphatic rings. The van der Waals surface area contributed by atoms with Crippen molar-refractivity contribution in [1.82, 2.24) is 20.4 Å². The van der Waals surface area contributed by atoms with Gasteiger partial charge in [0, 0.05) is 48.8 Å². The van der Waals surface area contributed by atoms with Crippen molar-refractivity contribution in [1.29, 1.82) is 0 Å². The number of carbonyl (C=O) groups is 2. The van der Waals surface area contributed by atoms with Crippen LogP contribution in [0.15, 0.2) is 59.4 Å². The average Bonchev–Trinajstić information content (AvgIpc) is 3.26. The van der Waals surface area contributed by atoms with E-state index in [1.54, 1.807) is 29.4 Å². The standard InChI is InChI=1S/C21H20FN5O3/c22-15-3-5-16(6-4-15)24-21(29)25-17-7-10-27(11-8-17)20(28)18-12-19(30-26-18)14-2-1-9-23-13-14/h1-6,9,12-13,17H,7-8,10-11H2,(H2,24,25,29). The van der Waals surface area contributed by atoms with E-state index >= 15 is 0 Å². The first-order valence-electron chi connectivity index (χ1n) is 9.58. The van der Waals surface area contributed by atoms with Crippen LogP contribution in [0.2, 0.25) is 0 Å². The molecule has 154 valence electrons. The zero-order valence-electron chi connectivity index (χ0n) is 16.0. The number of likely N-dealkylation sites (tertiary alicyclic amines) is 1. The molecule has 3 heterocycles. The summed E-state index contributed by atoms with van der Waals surface area (Å²) < 4.78 is 18.2. The van der Waals surface area contributed by atoms with E-state index in [9.17, 15) is 14.0 Å². The maximum absolute atomic E-state index is 12.9. The molecular weight excluding hydrogens is 389 g/mol. The first-order chi connectivity index (χ1) is 14.6. The third-order valence-corrected chi connectivity index (χ3v) is 4.89. The van der Waals surface area contributed by atoms with Crippen molar-refractivity contribution >= 4 is 17.6 Å². The van der Waals surface area contributed by atoms with E-state index < -0.39 is 0 Å². The maximum atomic E-state index is 12.9. The number of anilines is 1. The molecule has 0 atom stereocenters. The minimum absolute atomic E-state index is 0.0576. The van der Waals surface area contributed by atoms with Crippen LogP contribution in [0.25, 0.3) is 11.3 Å². The summed E-state index contributed by atoms with van der Waals surface area (Å²) in [6.45, 7) is 0.991. The lowest BCUT2D eigenvalue weighted by Gasteiger charge is -2.31. The number of urea groups is 1. The van der Waals surface area contributed by atoms with E-state index in [2.05, 4.69) is 20.8 Å². The van der Waals surface area contributed by atoms with Gasteiger partial charge in [-0.1, -0.05) is 5.16 Å². The Morgan fingerprint density at radius 3 is 2.60 bits per heavy atom. The molecule has 3 aromatic rings. The zero-order valence-corrected chi connectivity index (χ0v) is 16.0. The van der Waals surface area contributed by atoms with Gasteiger partial charge >= 0.3 is 6.03 Å². The summed E-state index contributed by atoms with van der Waals surface area (Å²) in [6.07, 6.45) is 4.54. The molecule has 1 aliphatic heterocycles. The lowest BCUT2D eigenvalue weighted by Crippen LogP contribution is -2.47. The fraction of sp³-hybridized carbons (Fsp3) is 0.238. The first kappa shape index (κ1) is 19.6. The summed E-state index contributed by atoms with van der Waals surface area (Å²) in [5, 5.41) is 9.44. The van der Waals surface area contributed by atoms with E-state index in [0.717, 1.165) is 5.56 Å². The predicted octanol–water partition coefficient (Wildman–Crippen LogP) is 3.30. The minimum Gasteiger partial charge on any atom is -0.355 e. The van der Waals surface area contributed by atoms with Gasteiger partial charge in [0.15, 0.2) is 11.5 Å². The third kappa shape index (κ3) is 4.62. The Labute approximate surface area is 172 Å². The molecule has 1 saturated heterocycles. The van der Waals surface area contributed by atoms with Crippen LogP contribution in [0.4, 0.5) is 14.9 Å². The van der Waals surface area contributed by atoms with Crippen LogP contribution < -0.4 is 10.6 Å². The highest BCUT2D eigenvalue weighted by Crippen LogP contribution is 2.21. The fourth-order valence-corrected chi connectivity index (χ4v) is 3.30. The second kappa shape index (κ2) is 8.73. The van der Waals surface area contributed by atoms with Gasteiger partial charge in [-0.2, -0.15) is 0 Å². The fourth-order valence-electron chi connectivity index (χ4n) is 3.30. The minimum atomic E-state index is -0.363. The van der Waals surface area contributed by atoms with Crippen LogP contribution in [0.3, 0.4) is 0 Å². The monoisotopic (exact) mass is 409 g/mol. The normalized spacial score (nSPS) is 14.4. The molecule has 4 rings (SSSR count). The smallest absolute Gasteiger partial charge is 0.319 e. The SMILES string of the molecule is O=C(Nc1ccc(F)cc1)NC1CCN(C(=O)c2cc(-c3cccnc3)on2)CC1. The van der Waals surface area contributed by atoms with Crippen LogP contribution in [0, 0.1) is 5.82 Å². The number of hydrogen-bond donors (Lipinski definition) is 2. The van der Waals surface area contributed by atoms with Crippen molar-refractivity contribution in [3.05, 3.63) is 66.4 Å². The molecule has 8 nitrogen and oxygen atoms in total. The Morgan fingerprint density at radius 2 is 1.90 bits per heavy atom. The number of hydrogen-bond acceptors (Lipinski definition) is 5. The van der Waals surface area contributed by atoms with E-state index in [0.29, 0.717) is 37.4 Å². The van der Waals surface area contributed by atoms with Gasteiger partial charge in [0.05, 0.1) is 0 Å².